The van der Waals surface area contributed by atoms with Crippen LogP contribution in [0.15, 0.2) is 23.4 Å². The van der Waals surface area contributed by atoms with E-state index < -0.39 is 11.7 Å². The fraction of sp³-hybridized carbons (Fsp3) is 0.333. The highest BCUT2D eigenvalue weighted by molar-refractivity contribution is 5.97. The van der Waals surface area contributed by atoms with Gasteiger partial charge in [-0.05, 0) is 12.1 Å². The third-order valence-corrected chi connectivity index (χ3v) is 2.61. The van der Waals surface area contributed by atoms with Gasteiger partial charge in [0.05, 0.1) is 7.11 Å². The Bertz CT molecular complexity index is 491. The van der Waals surface area contributed by atoms with Gasteiger partial charge in [0.15, 0.2) is 0 Å². The lowest BCUT2D eigenvalue weighted by Crippen LogP contribution is -2.35. The van der Waals surface area contributed by atoms with E-state index in [1.807, 2.05) is 0 Å². The van der Waals surface area contributed by atoms with Gasteiger partial charge in [-0.3, -0.25) is 4.79 Å². The number of amidine groups is 1. The summed E-state index contributed by atoms with van der Waals surface area (Å²) in [5.74, 6) is -1.53. The zero-order valence-corrected chi connectivity index (χ0v) is 10.7. The second-order valence-corrected chi connectivity index (χ2v) is 3.95. The second-order valence-electron chi connectivity index (χ2n) is 3.95. The van der Waals surface area contributed by atoms with Crippen LogP contribution in [-0.2, 0) is 0 Å². The molecule has 1 aromatic rings. The molecule has 4 N–H and O–H groups in total. The zero-order chi connectivity index (χ0) is 14.4. The normalized spacial score (nSPS) is 12.9. The maximum absolute atomic E-state index is 13.6. The molecule has 1 aromatic carbocycles. The summed E-state index contributed by atoms with van der Waals surface area (Å²) in [5, 5.41) is 13.8. The smallest absolute Gasteiger partial charge is 0.258 e. The lowest BCUT2D eigenvalue weighted by Gasteiger charge is -2.13. The minimum atomic E-state index is -0.673. The first-order chi connectivity index (χ1) is 9.01. The summed E-state index contributed by atoms with van der Waals surface area (Å²) in [5.41, 5.74) is 5.21. The Labute approximate surface area is 110 Å². The molecule has 19 heavy (non-hydrogen) atoms. The molecule has 0 spiro atoms. The number of methoxy groups -OCH3 is 1. The lowest BCUT2D eigenvalue weighted by atomic mass is 10.1. The van der Waals surface area contributed by atoms with Gasteiger partial charge >= 0.3 is 0 Å². The lowest BCUT2D eigenvalue weighted by molar-refractivity contribution is 0.0943. The summed E-state index contributed by atoms with van der Waals surface area (Å²) in [6.45, 7) is 1.78. The number of ether oxygens (including phenoxy) is 1. The zero-order valence-electron chi connectivity index (χ0n) is 10.7. The first-order valence-electron chi connectivity index (χ1n) is 5.59. The maximum atomic E-state index is 13.6. The van der Waals surface area contributed by atoms with Crippen molar-refractivity contribution in [2.45, 2.75) is 6.92 Å². The third-order valence-electron chi connectivity index (χ3n) is 2.61. The fourth-order valence-corrected chi connectivity index (χ4v) is 1.43. The van der Waals surface area contributed by atoms with Crippen molar-refractivity contribution in [3.63, 3.8) is 0 Å². The molecule has 1 rings (SSSR count). The number of hydrogen-bond donors (Lipinski definition) is 3. The number of hydrogen-bond acceptors (Lipinski definition) is 4. The Morgan fingerprint density at radius 2 is 2.32 bits per heavy atom. The summed E-state index contributed by atoms with van der Waals surface area (Å²) in [4.78, 5) is 11.9. The van der Waals surface area contributed by atoms with Crippen LogP contribution < -0.4 is 15.8 Å². The molecule has 0 saturated carbocycles. The van der Waals surface area contributed by atoms with Gasteiger partial charge < -0.3 is 21.0 Å². The van der Waals surface area contributed by atoms with Crippen LogP contribution >= 0.6 is 0 Å². The predicted molar refractivity (Wildman–Crippen MR) is 67.9 cm³/mol. The van der Waals surface area contributed by atoms with Gasteiger partial charge in [-0.25, -0.2) is 4.39 Å². The van der Waals surface area contributed by atoms with E-state index in [1.54, 1.807) is 6.92 Å². The summed E-state index contributed by atoms with van der Waals surface area (Å²) in [7, 11) is 1.35. The monoisotopic (exact) mass is 269 g/mol. The molecule has 0 heterocycles. The van der Waals surface area contributed by atoms with E-state index in [-0.39, 0.29) is 29.6 Å². The first-order valence-corrected chi connectivity index (χ1v) is 5.59. The van der Waals surface area contributed by atoms with Crippen LogP contribution in [0.4, 0.5) is 4.39 Å². The molecule has 0 aliphatic carbocycles. The second kappa shape index (κ2) is 6.58. The van der Waals surface area contributed by atoms with Crippen molar-refractivity contribution in [1.29, 1.82) is 0 Å². The van der Waals surface area contributed by atoms with E-state index >= 15 is 0 Å². The van der Waals surface area contributed by atoms with Crippen molar-refractivity contribution in [3.05, 3.63) is 29.6 Å². The molecule has 104 valence electrons. The van der Waals surface area contributed by atoms with Crippen LogP contribution in [0, 0.1) is 11.7 Å². The largest absolute Gasteiger partial charge is 0.496 e. The molecule has 6 nitrogen and oxygen atoms in total. The maximum Gasteiger partial charge on any atom is 0.258 e. The number of halogens is 1. The Kier molecular flexibility index (Phi) is 5.11. The van der Waals surface area contributed by atoms with Crippen molar-refractivity contribution < 1.29 is 19.1 Å². The van der Waals surface area contributed by atoms with Crippen molar-refractivity contribution in [2.24, 2.45) is 16.8 Å². The van der Waals surface area contributed by atoms with E-state index in [9.17, 15) is 9.18 Å². The molecule has 0 aromatic heterocycles. The van der Waals surface area contributed by atoms with Gasteiger partial charge in [-0.15, -0.1) is 0 Å². The number of carbonyl (C=O) groups is 1. The van der Waals surface area contributed by atoms with Gasteiger partial charge in [0.1, 0.15) is 23.0 Å². The molecule has 1 amide bonds. The molecule has 1 atom stereocenters. The van der Waals surface area contributed by atoms with Gasteiger partial charge in [0.2, 0.25) is 0 Å². The number of oxime groups is 1. The van der Waals surface area contributed by atoms with E-state index in [2.05, 4.69) is 10.5 Å². The predicted octanol–water partition coefficient (Wildman–Crippen LogP) is 0.947. The van der Waals surface area contributed by atoms with E-state index in [4.69, 9.17) is 15.7 Å². The Morgan fingerprint density at radius 3 is 2.89 bits per heavy atom. The molecule has 0 fully saturated rings. The van der Waals surface area contributed by atoms with Crippen LogP contribution in [0.5, 0.6) is 5.75 Å². The van der Waals surface area contributed by atoms with Gasteiger partial charge in [0.25, 0.3) is 5.91 Å². The number of nitrogens with two attached hydrogens (primary N) is 1. The SMILES string of the molecule is COc1cccc(F)c1C(=O)NCC(C)C(N)=NO. The summed E-state index contributed by atoms with van der Waals surface area (Å²) in [6.07, 6.45) is 0. The number of carbonyl (C=O) groups excluding carboxylic acids is 1. The van der Waals surface area contributed by atoms with Gasteiger partial charge in [0, 0.05) is 12.5 Å². The van der Waals surface area contributed by atoms with Crippen LogP contribution in [0.3, 0.4) is 0 Å². The molecule has 0 radical (unpaired) electrons. The summed E-state index contributed by atoms with van der Waals surface area (Å²) < 4.78 is 18.5. The molecular weight excluding hydrogens is 253 g/mol. The minimum Gasteiger partial charge on any atom is -0.496 e. The highest BCUT2D eigenvalue weighted by atomic mass is 19.1. The molecule has 0 aliphatic rings. The standard InChI is InChI=1S/C12H16FN3O3/c1-7(11(14)16-18)6-15-12(17)10-8(13)4-3-5-9(10)19-2/h3-5,7,18H,6H2,1-2H3,(H2,14,16)(H,15,17). The Morgan fingerprint density at radius 1 is 1.63 bits per heavy atom. The first kappa shape index (κ1) is 14.7. The third kappa shape index (κ3) is 3.57. The number of rotatable bonds is 5. The molecule has 1 unspecified atom stereocenters. The number of amides is 1. The van der Waals surface area contributed by atoms with Gasteiger partial charge in [-0.2, -0.15) is 0 Å². The number of nitrogens with one attached hydrogen (secondary N) is 1. The fourth-order valence-electron chi connectivity index (χ4n) is 1.43. The van der Waals surface area contributed by atoms with E-state index in [0.717, 1.165) is 0 Å². The summed E-state index contributed by atoms with van der Waals surface area (Å²) >= 11 is 0. The topological polar surface area (TPSA) is 96.9 Å². The number of benzene rings is 1. The summed E-state index contributed by atoms with van der Waals surface area (Å²) in [6, 6.07) is 4.11. The Hall–Kier alpha value is -2.31. The molecule has 0 saturated heterocycles. The molecular formula is C12H16FN3O3. The van der Waals surface area contributed by atoms with Crippen LogP contribution in [0.2, 0.25) is 0 Å². The van der Waals surface area contributed by atoms with Crippen molar-refractivity contribution in [3.8, 4) is 5.75 Å². The van der Waals surface area contributed by atoms with Crippen molar-refractivity contribution in [1.82, 2.24) is 5.32 Å². The minimum absolute atomic E-state index is 0.0131. The molecule has 0 aliphatic heterocycles. The van der Waals surface area contributed by atoms with E-state index in [1.165, 1.54) is 25.3 Å². The highest BCUT2D eigenvalue weighted by Gasteiger charge is 2.18. The van der Waals surface area contributed by atoms with Crippen LogP contribution in [-0.4, -0.2) is 30.6 Å². The Balaban J connectivity index is 2.79. The molecule has 0 bridgehead atoms. The van der Waals surface area contributed by atoms with Crippen LogP contribution in [0.25, 0.3) is 0 Å². The molecule has 7 heteroatoms. The van der Waals surface area contributed by atoms with Crippen molar-refractivity contribution in [2.75, 3.05) is 13.7 Å². The quantitative estimate of drug-likeness (QED) is 0.321. The average Bonchev–Trinajstić information content (AvgIpc) is 2.42. The van der Waals surface area contributed by atoms with Crippen molar-refractivity contribution >= 4 is 11.7 Å². The van der Waals surface area contributed by atoms with Crippen LogP contribution in [0.1, 0.15) is 17.3 Å². The highest BCUT2D eigenvalue weighted by Crippen LogP contribution is 2.20. The average molecular weight is 269 g/mol. The van der Waals surface area contributed by atoms with E-state index in [0.29, 0.717) is 0 Å². The number of nitrogens with zero attached hydrogens (tertiary/aromatic N) is 1. The van der Waals surface area contributed by atoms with Gasteiger partial charge in [-0.1, -0.05) is 18.1 Å².